The quantitative estimate of drug-likeness (QED) is 0.875. The van der Waals surface area contributed by atoms with Gasteiger partial charge in [0.2, 0.25) is 5.88 Å². The third-order valence-electron chi connectivity index (χ3n) is 2.17. The van der Waals surface area contributed by atoms with E-state index in [2.05, 4.69) is 10.3 Å². The highest BCUT2D eigenvalue weighted by molar-refractivity contribution is 7.17. The van der Waals surface area contributed by atoms with Crippen LogP contribution in [0.1, 0.15) is 16.6 Å². The molecule has 0 unspecified atom stereocenters. The van der Waals surface area contributed by atoms with Crippen LogP contribution in [0.2, 0.25) is 0 Å². The molecule has 1 heterocycles. The van der Waals surface area contributed by atoms with E-state index in [9.17, 15) is 9.90 Å². The van der Waals surface area contributed by atoms with Gasteiger partial charge in [-0.2, -0.15) is 0 Å². The molecule has 17 heavy (non-hydrogen) atoms. The Labute approximate surface area is 103 Å². The van der Waals surface area contributed by atoms with Gasteiger partial charge in [-0.15, -0.1) is 11.3 Å². The first-order valence-electron chi connectivity index (χ1n) is 5.25. The van der Waals surface area contributed by atoms with Crippen molar-refractivity contribution in [2.24, 2.45) is 0 Å². The number of hydrogen-bond donors (Lipinski definition) is 2. The van der Waals surface area contributed by atoms with E-state index in [1.807, 2.05) is 37.3 Å². The van der Waals surface area contributed by atoms with Gasteiger partial charge < -0.3 is 10.4 Å². The smallest absolute Gasteiger partial charge is 0.266 e. The highest BCUT2D eigenvalue weighted by atomic mass is 32.1. The van der Waals surface area contributed by atoms with Crippen molar-refractivity contribution in [1.82, 2.24) is 10.3 Å². The number of nitrogens with zero attached hydrogens (tertiary/aromatic N) is 1. The third-order valence-corrected chi connectivity index (χ3v) is 3.27. The van der Waals surface area contributed by atoms with E-state index in [1.54, 1.807) is 0 Å². The van der Waals surface area contributed by atoms with E-state index in [-0.39, 0.29) is 16.7 Å². The molecular weight excluding hydrogens is 236 g/mol. The van der Waals surface area contributed by atoms with Crippen LogP contribution in [0, 0.1) is 0 Å². The van der Waals surface area contributed by atoms with Crippen LogP contribution in [-0.4, -0.2) is 22.5 Å². The Morgan fingerprint density at radius 1 is 1.41 bits per heavy atom. The second-order valence-corrected chi connectivity index (χ2v) is 4.40. The van der Waals surface area contributed by atoms with Crippen LogP contribution in [0.3, 0.4) is 0 Å². The first-order valence-corrected chi connectivity index (χ1v) is 6.07. The average molecular weight is 248 g/mol. The molecule has 1 aromatic heterocycles. The zero-order valence-corrected chi connectivity index (χ0v) is 10.1. The van der Waals surface area contributed by atoms with E-state index in [0.717, 1.165) is 5.56 Å². The maximum atomic E-state index is 11.6. The molecule has 0 atom stereocenters. The molecule has 5 heteroatoms. The summed E-state index contributed by atoms with van der Waals surface area (Å²) in [5, 5.41) is 12.9. The summed E-state index contributed by atoms with van der Waals surface area (Å²) in [5.41, 5.74) is 0.892. The van der Waals surface area contributed by atoms with Crippen LogP contribution in [0.4, 0.5) is 0 Å². The van der Waals surface area contributed by atoms with Crippen molar-refractivity contribution in [3.63, 3.8) is 0 Å². The summed E-state index contributed by atoms with van der Waals surface area (Å²) in [6, 6.07) is 9.46. The predicted octanol–water partition coefficient (Wildman–Crippen LogP) is 2.27. The maximum absolute atomic E-state index is 11.6. The van der Waals surface area contributed by atoms with E-state index < -0.39 is 0 Å². The molecule has 0 spiro atoms. The number of aromatic nitrogens is 1. The van der Waals surface area contributed by atoms with Crippen LogP contribution < -0.4 is 5.32 Å². The Morgan fingerprint density at radius 3 is 2.76 bits per heavy atom. The van der Waals surface area contributed by atoms with E-state index >= 15 is 0 Å². The van der Waals surface area contributed by atoms with Crippen molar-refractivity contribution >= 4 is 17.2 Å². The highest BCUT2D eigenvalue weighted by Crippen LogP contribution is 2.31. The minimum absolute atomic E-state index is 0.209. The predicted molar refractivity (Wildman–Crippen MR) is 67.2 cm³/mol. The summed E-state index contributed by atoms with van der Waals surface area (Å²) in [6.07, 6.45) is 0. The van der Waals surface area contributed by atoms with Gasteiger partial charge in [0, 0.05) is 12.1 Å². The highest BCUT2D eigenvalue weighted by Gasteiger charge is 2.17. The first-order chi connectivity index (χ1) is 8.22. The number of thiazole rings is 1. The summed E-state index contributed by atoms with van der Waals surface area (Å²) in [7, 11) is 0. The maximum Gasteiger partial charge on any atom is 0.266 e. The van der Waals surface area contributed by atoms with Crippen molar-refractivity contribution in [2.45, 2.75) is 6.92 Å². The molecule has 0 saturated carbocycles. The molecule has 2 N–H and O–H groups in total. The van der Waals surface area contributed by atoms with E-state index in [1.165, 1.54) is 11.3 Å². The van der Waals surface area contributed by atoms with Gasteiger partial charge in [0.1, 0.15) is 5.01 Å². The molecule has 2 aromatic rings. The standard InChI is InChI=1S/C12H12N2O2S/c1-2-13-10(15)9-11(16)14-12(17-9)8-6-4-3-5-7-8/h3-7,16H,2H2,1H3,(H,13,15). The summed E-state index contributed by atoms with van der Waals surface area (Å²) in [6.45, 7) is 2.35. The lowest BCUT2D eigenvalue weighted by atomic mass is 10.2. The van der Waals surface area contributed by atoms with Gasteiger partial charge in [-0.1, -0.05) is 30.3 Å². The molecule has 0 saturated heterocycles. The number of aromatic hydroxyl groups is 1. The van der Waals surface area contributed by atoms with E-state index in [0.29, 0.717) is 11.6 Å². The van der Waals surface area contributed by atoms with Crippen molar-refractivity contribution in [3.05, 3.63) is 35.2 Å². The Morgan fingerprint density at radius 2 is 2.12 bits per heavy atom. The van der Waals surface area contributed by atoms with Crippen LogP contribution >= 0.6 is 11.3 Å². The molecular formula is C12H12N2O2S. The molecule has 1 amide bonds. The number of hydrogen-bond acceptors (Lipinski definition) is 4. The normalized spacial score (nSPS) is 10.2. The third kappa shape index (κ3) is 2.45. The Hall–Kier alpha value is -1.88. The number of rotatable bonds is 3. The fourth-order valence-corrected chi connectivity index (χ4v) is 2.29. The molecule has 2 rings (SSSR count). The molecule has 0 aliphatic heterocycles. The topological polar surface area (TPSA) is 62.2 Å². The fraction of sp³-hybridized carbons (Fsp3) is 0.167. The zero-order chi connectivity index (χ0) is 12.3. The molecule has 0 radical (unpaired) electrons. The number of carbonyl (C=O) groups excluding carboxylic acids is 1. The molecule has 1 aromatic carbocycles. The van der Waals surface area contributed by atoms with Gasteiger partial charge in [-0.3, -0.25) is 4.79 Å². The van der Waals surface area contributed by atoms with E-state index in [4.69, 9.17) is 0 Å². The number of carbonyl (C=O) groups is 1. The lowest BCUT2D eigenvalue weighted by Crippen LogP contribution is -2.21. The van der Waals surface area contributed by atoms with Crippen LogP contribution in [-0.2, 0) is 0 Å². The van der Waals surface area contributed by atoms with Crippen molar-refractivity contribution in [1.29, 1.82) is 0 Å². The van der Waals surface area contributed by atoms with Crippen molar-refractivity contribution < 1.29 is 9.90 Å². The monoisotopic (exact) mass is 248 g/mol. The minimum Gasteiger partial charge on any atom is -0.492 e. The van der Waals surface area contributed by atoms with Crippen molar-refractivity contribution in [2.75, 3.05) is 6.54 Å². The van der Waals surface area contributed by atoms with Crippen molar-refractivity contribution in [3.8, 4) is 16.5 Å². The molecule has 88 valence electrons. The molecule has 4 nitrogen and oxygen atoms in total. The van der Waals surface area contributed by atoms with Gasteiger partial charge in [-0.25, -0.2) is 4.98 Å². The largest absolute Gasteiger partial charge is 0.492 e. The Kier molecular flexibility index (Phi) is 3.39. The molecule has 0 fully saturated rings. The van der Waals surface area contributed by atoms with Gasteiger partial charge in [-0.05, 0) is 6.92 Å². The van der Waals surface area contributed by atoms with Crippen LogP contribution in [0.15, 0.2) is 30.3 Å². The minimum atomic E-state index is -0.287. The second kappa shape index (κ2) is 4.97. The SMILES string of the molecule is CCNC(=O)c1sc(-c2ccccc2)nc1O. The second-order valence-electron chi connectivity index (χ2n) is 3.40. The number of benzene rings is 1. The number of amides is 1. The van der Waals surface area contributed by atoms with Gasteiger partial charge in [0.15, 0.2) is 4.88 Å². The summed E-state index contributed by atoms with van der Waals surface area (Å²) >= 11 is 1.19. The average Bonchev–Trinajstić information content (AvgIpc) is 2.73. The summed E-state index contributed by atoms with van der Waals surface area (Å²) < 4.78 is 0. The van der Waals surface area contributed by atoms with Gasteiger partial charge in [0.25, 0.3) is 5.91 Å². The zero-order valence-electron chi connectivity index (χ0n) is 9.30. The Balaban J connectivity index is 2.34. The first kappa shape index (κ1) is 11.6. The van der Waals surface area contributed by atoms with Crippen LogP contribution in [0.5, 0.6) is 5.88 Å². The number of nitrogens with one attached hydrogen (secondary N) is 1. The van der Waals surface area contributed by atoms with Gasteiger partial charge >= 0.3 is 0 Å². The summed E-state index contributed by atoms with van der Waals surface area (Å²) in [5.74, 6) is -0.496. The lowest BCUT2D eigenvalue weighted by molar-refractivity contribution is 0.0957. The molecule has 0 aliphatic carbocycles. The Bertz CT molecular complexity index is 523. The fourth-order valence-electron chi connectivity index (χ4n) is 1.41. The lowest BCUT2D eigenvalue weighted by Gasteiger charge is -1.97. The molecule has 0 bridgehead atoms. The van der Waals surface area contributed by atoms with Crippen LogP contribution in [0.25, 0.3) is 10.6 Å². The molecule has 0 aliphatic rings. The van der Waals surface area contributed by atoms with Gasteiger partial charge in [0.05, 0.1) is 0 Å². The summed E-state index contributed by atoms with van der Waals surface area (Å²) in [4.78, 5) is 15.9.